The van der Waals surface area contributed by atoms with Gasteiger partial charge in [0, 0.05) is 5.92 Å². The van der Waals surface area contributed by atoms with Gasteiger partial charge in [0.2, 0.25) is 0 Å². The van der Waals surface area contributed by atoms with E-state index in [1.165, 1.54) is 0 Å². The van der Waals surface area contributed by atoms with Crippen LogP contribution in [-0.4, -0.2) is 31.9 Å². The molecule has 0 N–H and O–H groups in total. The van der Waals surface area contributed by atoms with Crippen LogP contribution in [0, 0.1) is 11.8 Å². The lowest BCUT2D eigenvalue weighted by atomic mass is 9.67. The van der Waals surface area contributed by atoms with Crippen LogP contribution in [0.2, 0.25) is 0 Å². The molecule has 1 aliphatic heterocycles. The SMILES string of the molecule is O=S1(=O)OC2C3CCC(CC31)C2OCCl. The van der Waals surface area contributed by atoms with Gasteiger partial charge in [-0.1, -0.05) is 11.6 Å². The molecule has 6 heteroatoms. The Morgan fingerprint density at radius 1 is 1.40 bits per heavy atom. The first-order valence-corrected chi connectivity index (χ1v) is 7.24. The van der Waals surface area contributed by atoms with E-state index >= 15 is 0 Å². The highest BCUT2D eigenvalue weighted by molar-refractivity contribution is 7.87. The van der Waals surface area contributed by atoms with E-state index < -0.39 is 10.1 Å². The average Bonchev–Trinajstić information content (AvgIpc) is 2.42. The van der Waals surface area contributed by atoms with Crippen LogP contribution in [0.5, 0.6) is 0 Å². The molecule has 15 heavy (non-hydrogen) atoms. The molecule has 4 nitrogen and oxygen atoms in total. The molecule has 4 bridgehead atoms. The zero-order chi connectivity index (χ0) is 10.6. The Balaban J connectivity index is 1.94. The van der Waals surface area contributed by atoms with Crippen LogP contribution in [0.25, 0.3) is 0 Å². The summed E-state index contributed by atoms with van der Waals surface area (Å²) in [6.45, 7) is 0. The molecule has 0 aromatic heterocycles. The fraction of sp³-hybridized carbons (Fsp3) is 1.00. The van der Waals surface area contributed by atoms with Gasteiger partial charge in [0.25, 0.3) is 10.1 Å². The average molecular weight is 253 g/mol. The number of ether oxygens (including phenoxy) is 1. The van der Waals surface area contributed by atoms with Crippen molar-refractivity contribution >= 4 is 21.7 Å². The van der Waals surface area contributed by atoms with Crippen LogP contribution in [-0.2, 0) is 19.0 Å². The van der Waals surface area contributed by atoms with Crippen LogP contribution in [0.4, 0.5) is 0 Å². The van der Waals surface area contributed by atoms with Crippen molar-refractivity contribution < 1.29 is 17.3 Å². The zero-order valence-electron chi connectivity index (χ0n) is 8.13. The second-order valence-electron chi connectivity index (χ2n) is 4.57. The lowest BCUT2D eigenvalue weighted by Gasteiger charge is -2.43. The predicted octanol–water partition coefficient (Wildman–Crippen LogP) is 1.09. The highest BCUT2D eigenvalue weighted by atomic mass is 35.5. The van der Waals surface area contributed by atoms with Crippen molar-refractivity contribution in [3.8, 4) is 0 Å². The molecular formula is C9H13ClO4S. The van der Waals surface area contributed by atoms with Gasteiger partial charge in [-0.3, -0.25) is 4.18 Å². The summed E-state index contributed by atoms with van der Waals surface area (Å²) in [4.78, 5) is 0. The van der Waals surface area contributed by atoms with E-state index in [0.29, 0.717) is 12.3 Å². The molecule has 5 unspecified atom stereocenters. The number of hydrogen-bond acceptors (Lipinski definition) is 4. The molecule has 0 aromatic carbocycles. The molecule has 3 saturated carbocycles. The minimum absolute atomic E-state index is 0.110. The summed E-state index contributed by atoms with van der Waals surface area (Å²) in [5.74, 6) is 0.439. The lowest BCUT2D eigenvalue weighted by molar-refractivity contribution is -0.0962. The van der Waals surface area contributed by atoms with E-state index in [9.17, 15) is 8.42 Å². The van der Waals surface area contributed by atoms with Gasteiger partial charge >= 0.3 is 0 Å². The zero-order valence-corrected chi connectivity index (χ0v) is 9.71. The third-order valence-electron chi connectivity index (χ3n) is 3.97. The summed E-state index contributed by atoms with van der Waals surface area (Å²) < 4.78 is 33.9. The molecule has 5 atom stereocenters. The molecule has 0 amide bonds. The van der Waals surface area contributed by atoms with Gasteiger partial charge in [0.15, 0.2) is 0 Å². The predicted molar refractivity (Wildman–Crippen MR) is 54.0 cm³/mol. The highest BCUT2D eigenvalue weighted by Gasteiger charge is 2.60. The maximum absolute atomic E-state index is 11.7. The second-order valence-corrected chi connectivity index (χ2v) is 6.57. The molecule has 4 rings (SSSR count). The molecule has 1 saturated heterocycles. The Hall–Kier alpha value is 0.160. The Kier molecular flexibility index (Phi) is 2.29. The van der Waals surface area contributed by atoms with Crippen LogP contribution in [0.1, 0.15) is 19.3 Å². The standard InChI is InChI=1S/C9H13ClO4S/c10-4-13-8-5-1-2-6-7(3-5)15(11,12)14-9(6)8/h5-9H,1-4H2. The Morgan fingerprint density at radius 2 is 2.20 bits per heavy atom. The minimum Gasteiger partial charge on any atom is -0.359 e. The van der Waals surface area contributed by atoms with Crippen LogP contribution >= 0.6 is 11.6 Å². The number of halogens is 1. The quantitative estimate of drug-likeness (QED) is 0.545. The third-order valence-corrected chi connectivity index (χ3v) is 5.87. The van der Waals surface area contributed by atoms with Gasteiger partial charge in [-0.05, 0) is 25.2 Å². The van der Waals surface area contributed by atoms with E-state index in [4.69, 9.17) is 20.5 Å². The molecule has 0 radical (unpaired) electrons. The van der Waals surface area contributed by atoms with E-state index in [-0.39, 0.29) is 29.4 Å². The molecule has 4 fully saturated rings. The summed E-state index contributed by atoms with van der Waals surface area (Å²) in [6, 6.07) is 0.110. The fourth-order valence-corrected chi connectivity index (χ4v) is 5.41. The van der Waals surface area contributed by atoms with E-state index in [0.717, 1.165) is 12.8 Å². The Labute approximate surface area is 94.0 Å². The highest BCUT2D eigenvalue weighted by Crippen LogP contribution is 2.52. The molecular weight excluding hydrogens is 240 g/mol. The summed E-state index contributed by atoms with van der Waals surface area (Å²) in [5.41, 5.74) is 0. The Bertz CT molecular complexity index is 368. The molecule has 4 aliphatic rings. The van der Waals surface area contributed by atoms with Gasteiger partial charge in [-0.25, -0.2) is 0 Å². The van der Waals surface area contributed by atoms with Crippen LogP contribution in [0.3, 0.4) is 0 Å². The fourth-order valence-electron chi connectivity index (χ4n) is 3.36. The van der Waals surface area contributed by atoms with Crippen molar-refractivity contribution in [2.45, 2.75) is 36.7 Å². The molecule has 3 aliphatic carbocycles. The summed E-state index contributed by atoms with van der Waals surface area (Å²) >= 11 is 5.55. The topological polar surface area (TPSA) is 52.6 Å². The van der Waals surface area contributed by atoms with Gasteiger partial charge in [0.1, 0.15) is 12.2 Å². The summed E-state index contributed by atoms with van der Waals surface area (Å²) in [6.07, 6.45) is 2.28. The van der Waals surface area contributed by atoms with E-state index in [1.54, 1.807) is 0 Å². The monoisotopic (exact) mass is 252 g/mol. The maximum atomic E-state index is 11.7. The smallest absolute Gasteiger partial charge is 0.270 e. The number of fused-ring (bicyclic) bond motifs is 1. The molecule has 0 aromatic rings. The maximum Gasteiger partial charge on any atom is 0.270 e. The largest absolute Gasteiger partial charge is 0.359 e. The van der Waals surface area contributed by atoms with E-state index in [2.05, 4.69) is 0 Å². The molecule has 0 spiro atoms. The van der Waals surface area contributed by atoms with Crippen LogP contribution in [0.15, 0.2) is 0 Å². The van der Waals surface area contributed by atoms with Crippen molar-refractivity contribution in [1.82, 2.24) is 0 Å². The first kappa shape index (κ1) is 10.3. The summed E-state index contributed by atoms with van der Waals surface area (Å²) in [5, 5.41) is -0.281. The number of hydrogen-bond donors (Lipinski definition) is 0. The molecule has 1 heterocycles. The van der Waals surface area contributed by atoms with Gasteiger partial charge in [0.05, 0.1) is 11.4 Å². The van der Waals surface area contributed by atoms with Crippen LogP contribution < -0.4 is 0 Å². The van der Waals surface area contributed by atoms with E-state index in [1.807, 2.05) is 0 Å². The van der Waals surface area contributed by atoms with Crippen molar-refractivity contribution in [3.63, 3.8) is 0 Å². The second kappa shape index (κ2) is 3.32. The van der Waals surface area contributed by atoms with Gasteiger partial charge < -0.3 is 4.74 Å². The van der Waals surface area contributed by atoms with Gasteiger partial charge in [-0.15, -0.1) is 0 Å². The first-order chi connectivity index (χ1) is 7.13. The van der Waals surface area contributed by atoms with Crippen molar-refractivity contribution in [1.29, 1.82) is 0 Å². The number of alkyl halides is 1. The van der Waals surface area contributed by atoms with Crippen molar-refractivity contribution in [2.24, 2.45) is 11.8 Å². The lowest BCUT2D eigenvalue weighted by Crippen LogP contribution is -2.51. The number of rotatable bonds is 2. The Morgan fingerprint density at radius 3 is 2.93 bits per heavy atom. The summed E-state index contributed by atoms with van der Waals surface area (Å²) in [7, 11) is -3.33. The molecule has 86 valence electrons. The third kappa shape index (κ3) is 1.37. The normalized spacial score (nSPS) is 50.9. The first-order valence-electron chi connectivity index (χ1n) is 5.23. The van der Waals surface area contributed by atoms with Crippen molar-refractivity contribution in [2.75, 3.05) is 6.07 Å². The van der Waals surface area contributed by atoms with Crippen molar-refractivity contribution in [3.05, 3.63) is 0 Å². The van der Waals surface area contributed by atoms with Gasteiger partial charge in [-0.2, -0.15) is 8.42 Å². The minimum atomic E-state index is -3.33.